The first kappa shape index (κ1) is 10.2. The Balaban J connectivity index is 2.22. The van der Waals surface area contributed by atoms with E-state index in [0.717, 1.165) is 16.7 Å². The van der Waals surface area contributed by atoms with Crippen LogP contribution in [-0.4, -0.2) is 16.5 Å². The summed E-state index contributed by atoms with van der Waals surface area (Å²) in [5.41, 5.74) is 2.28. The number of ketones is 1. The maximum atomic E-state index is 12.2. The van der Waals surface area contributed by atoms with E-state index in [9.17, 15) is 9.90 Å². The summed E-state index contributed by atoms with van der Waals surface area (Å²) in [7, 11) is 0. The summed E-state index contributed by atoms with van der Waals surface area (Å²) in [5.74, 6) is 0.0363. The van der Waals surface area contributed by atoms with Gasteiger partial charge in [-0.3, -0.25) is 4.79 Å². The van der Waals surface area contributed by atoms with Crippen LogP contribution in [0.5, 0.6) is 0 Å². The van der Waals surface area contributed by atoms with E-state index < -0.39 is 5.60 Å². The van der Waals surface area contributed by atoms with Crippen LogP contribution in [0.25, 0.3) is 5.57 Å². The van der Waals surface area contributed by atoms with Crippen LogP contribution in [-0.2, 0) is 0 Å². The minimum atomic E-state index is -0.987. The topological polar surface area (TPSA) is 37.3 Å². The molecule has 0 saturated carbocycles. The lowest BCUT2D eigenvalue weighted by Gasteiger charge is -2.11. The molecule has 2 aliphatic carbocycles. The Hall–Kier alpha value is -1.93. The zero-order chi connectivity index (χ0) is 12.0. The molecular formula is C15H12O2. The fourth-order valence-corrected chi connectivity index (χ4v) is 2.23. The summed E-state index contributed by atoms with van der Waals surface area (Å²) >= 11 is 0. The van der Waals surface area contributed by atoms with E-state index in [1.807, 2.05) is 30.3 Å². The van der Waals surface area contributed by atoms with Crippen LogP contribution in [0.3, 0.4) is 0 Å². The van der Waals surface area contributed by atoms with Crippen molar-refractivity contribution in [2.45, 2.75) is 12.5 Å². The fourth-order valence-electron chi connectivity index (χ4n) is 2.23. The molecule has 0 fully saturated rings. The predicted molar refractivity (Wildman–Crippen MR) is 66.6 cm³/mol. The molecule has 0 heterocycles. The Morgan fingerprint density at radius 2 is 1.59 bits per heavy atom. The Morgan fingerprint density at radius 3 is 2.29 bits per heavy atom. The summed E-state index contributed by atoms with van der Waals surface area (Å²) in [5, 5.41) is 9.93. The fraction of sp³-hybridized carbons (Fsp3) is 0.133. The summed E-state index contributed by atoms with van der Waals surface area (Å²) < 4.78 is 0. The zero-order valence-electron chi connectivity index (χ0n) is 9.47. The van der Waals surface area contributed by atoms with Crippen LogP contribution < -0.4 is 0 Å². The molecule has 1 aromatic rings. The second-order valence-electron chi connectivity index (χ2n) is 4.59. The first-order valence-corrected chi connectivity index (χ1v) is 5.58. The average molecular weight is 224 g/mol. The van der Waals surface area contributed by atoms with E-state index in [0.29, 0.717) is 5.57 Å². The Morgan fingerprint density at radius 1 is 1.00 bits per heavy atom. The van der Waals surface area contributed by atoms with E-state index in [2.05, 4.69) is 0 Å². The van der Waals surface area contributed by atoms with E-state index in [1.165, 1.54) is 0 Å². The SMILES string of the molecule is CC1(O)C=CC2=C(C=C1)c1ccccc1C2=O. The van der Waals surface area contributed by atoms with Crippen LogP contribution in [0.2, 0.25) is 0 Å². The van der Waals surface area contributed by atoms with Crippen molar-refractivity contribution in [1.82, 2.24) is 0 Å². The van der Waals surface area contributed by atoms with Gasteiger partial charge in [0.25, 0.3) is 0 Å². The molecule has 0 aromatic heterocycles. The molecular weight excluding hydrogens is 212 g/mol. The molecule has 0 bridgehead atoms. The molecule has 2 heteroatoms. The van der Waals surface area contributed by atoms with Gasteiger partial charge in [0.15, 0.2) is 5.78 Å². The highest BCUT2D eigenvalue weighted by Gasteiger charge is 2.28. The lowest BCUT2D eigenvalue weighted by Crippen LogP contribution is -2.16. The van der Waals surface area contributed by atoms with Crippen molar-refractivity contribution in [3.63, 3.8) is 0 Å². The average Bonchev–Trinajstić information content (AvgIpc) is 2.46. The molecule has 1 N–H and O–H groups in total. The number of hydrogen-bond acceptors (Lipinski definition) is 2. The van der Waals surface area contributed by atoms with Crippen molar-refractivity contribution in [2.24, 2.45) is 0 Å². The van der Waals surface area contributed by atoms with Gasteiger partial charge in [-0.2, -0.15) is 0 Å². The molecule has 3 rings (SSSR count). The number of carbonyl (C=O) groups is 1. The number of allylic oxidation sites excluding steroid dienone is 4. The number of Topliss-reactive ketones (excluding diaryl/α,β-unsaturated/α-hetero) is 1. The second-order valence-corrected chi connectivity index (χ2v) is 4.59. The van der Waals surface area contributed by atoms with Crippen LogP contribution in [0.15, 0.2) is 54.1 Å². The van der Waals surface area contributed by atoms with Gasteiger partial charge in [0.1, 0.15) is 0 Å². The van der Waals surface area contributed by atoms with Gasteiger partial charge in [-0.1, -0.05) is 36.4 Å². The van der Waals surface area contributed by atoms with Gasteiger partial charge < -0.3 is 5.11 Å². The zero-order valence-corrected chi connectivity index (χ0v) is 9.47. The first-order chi connectivity index (χ1) is 8.08. The minimum absolute atomic E-state index is 0.0363. The quantitative estimate of drug-likeness (QED) is 0.735. The third kappa shape index (κ3) is 1.49. The minimum Gasteiger partial charge on any atom is -0.382 e. The normalized spacial score (nSPS) is 25.9. The largest absolute Gasteiger partial charge is 0.382 e. The maximum absolute atomic E-state index is 12.2. The van der Waals surface area contributed by atoms with Crippen molar-refractivity contribution in [3.05, 3.63) is 65.3 Å². The maximum Gasteiger partial charge on any atom is 0.194 e. The molecule has 0 aliphatic heterocycles. The second kappa shape index (κ2) is 3.28. The number of fused-ring (bicyclic) bond motifs is 2. The van der Waals surface area contributed by atoms with E-state index in [1.54, 1.807) is 25.2 Å². The van der Waals surface area contributed by atoms with Crippen LogP contribution in [0, 0.1) is 0 Å². The van der Waals surface area contributed by atoms with Crippen molar-refractivity contribution >= 4 is 11.4 Å². The van der Waals surface area contributed by atoms with Gasteiger partial charge in [0.2, 0.25) is 0 Å². The van der Waals surface area contributed by atoms with Crippen molar-refractivity contribution in [2.75, 3.05) is 0 Å². The van der Waals surface area contributed by atoms with Gasteiger partial charge in [-0.05, 0) is 30.2 Å². The molecule has 1 atom stereocenters. The number of aliphatic hydroxyl groups is 1. The van der Waals surface area contributed by atoms with Crippen molar-refractivity contribution in [3.8, 4) is 0 Å². The lowest BCUT2D eigenvalue weighted by atomic mass is 10.0. The molecule has 17 heavy (non-hydrogen) atoms. The number of hydrogen-bond donors (Lipinski definition) is 1. The molecule has 84 valence electrons. The van der Waals surface area contributed by atoms with Crippen molar-refractivity contribution < 1.29 is 9.90 Å². The van der Waals surface area contributed by atoms with E-state index in [4.69, 9.17) is 0 Å². The molecule has 1 unspecified atom stereocenters. The smallest absolute Gasteiger partial charge is 0.194 e. The molecule has 0 spiro atoms. The Labute approximate surface area is 99.6 Å². The molecule has 0 saturated heterocycles. The highest BCUT2D eigenvalue weighted by atomic mass is 16.3. The lowest BCUT2D eigenvalue weighted by molar-refractivity contribution is 0.104. The standard InChI is InChI=1S/C15H12O2/c1-15(17)8-6-11-10-4-2-3-5-12(10)14(16)13(11)7-9-15/h2-9,17H,1H3. The number of carbonyl (C=O) groups excluding carboxylic acids is 1. The van der Waals surface area contributed by atoms with Crippen LogP contribution >= 0.6 is 0 Å². The first-order valence-electron chi connectivity index (χ1n) is 5.58. The van der Waals surface area contributed by atoms with Gasteiger partial charge in [-0.15, -0.1) is 0 Å². The summed E-state index contributed by atoms with van der Waals surface area (Å²) in [4.78, 5) is 12.2. The van der Waals surface area contributed by atoms with Gasteiger partial charge >= 0.3 is 0 Å². The van der Waals surface area contributed by atoms with Gasteiger partial charge in [-0.25, -0.2) is 0 Å². The van der Waals surface area contributed by atoms with E-state index in [-0.39, 0.29) is 5.78 Å². The highest BCUT2D eigenvalue weighted by molar-refractivity contribution is 6.23. The number of rotatable bonds is 0. The van der Waals surface area contributed by atoms with Gasteiger partial charge in [0.05, 0.1) is 5.60 Å². The number of benzene rings is 1. The van der Waals surface area contributed by atoms with Crippen molar-refractivity contribution in [1.29, 1.82) is 0 Å². The molecule has 1 aromatic carbocycles. The Bertz CT molecular complexity index is 601. The monoisotopic (exact) mass is 224 g/mol. The highest BCUT2D eigenvalue weighted by Crippen LogP contribution is 2.36. The van der Waals surface area contributed by atoms with Crippen LogP contribution in [0.1, 0.15) is 22.8 Å². The summed E-state index contributed by atoms with van der Waals surface area (Å²) in [6.45, 7) is 1.69. The third-order valence-electron chi connectivity index (χ3n) is 3.17. The molecule has 0 amide bonds. The van der Waals surface area contributed by atoms with Gasteiger partial charge in [0, 0.05) is 11.1 Å². The third-order valence-corrected chi connectivity index (χ3v) is 3.17. The van der Waals surface area contributed by atoms with E-state index >= 15 is 0 Å². The summed E-state index contributed by atoms with van der Waals surface area (Å²) in [6.07, 6.45) is 6.91. The predicted octanol–water partition coefficient (Wildman–Crippen LogP) is 2.51. The Kier molecular flexibility index (Phi) is 1.98. The van der Waals surface area contributed by atoms with Crippen LogP contribution in [0.4, 0.5) is 0 Å². The molecule has 0 radical (unpaired) electrons. The molecule has 2 nitrogen and oxygen atoms in total. The summed E-state index contributed by atoms with van der Waals surface area (Å²) in [6, 6.07) is 7.56. The molecule has 2 aliphatic rings.